The number of carbonyl (C=O) groups is 1. The Morgan fingerprint density at radius 1 is 1.21 bits per heavy atom. The summed E-state index contributed by atoms with van der Waals surface area (Å²) in [7, 11) is 3.29. The van der Waals surface area contributed by atoms with Crippen LogP contribution in [0.4, 0.5) is 4.79 Å². The molecule has 0 radical (unpaired) electrons. The minimum absolute atomic E-state index is 0.405. The number of carbonyl (C=O) groups excluding carboxylic acids is 1. The van der Waals surface area contributed by atoms with Crippen molar-refractivity contribution in [1.82, 2.24) is 9.88 Å². The highest BCUT2D eigenvalue weighted by atomic mass is 32.1. The Kier molecular flexibility index (Phi) is 4.66. The summed E-state index contributed by atoms with van der Waals surface area (Å²) >= 11 is 1.63. The van der Waals surface area contributed by atoms with Gasteiger partial charge in [0, 0.05) is 14.1 Å². The average Bonchev–Trinajstić information content (AvgIpc) is 2.96. The van der Waals surface area contributed by atoms with Crippen molar-refractivity contribution >= 4 is 27.6 Å². The largest absolute Gasteiger partial charge is 0.486 e. The zero-order chi connectivity index (χ0) is 17.1. The summed E-state index contributed by atoms with van der Waals surface area (Å²) in [5.41, 5.74) is 1.89. The van der Waals surface area contributed by atoms with Crippen LogP contribution in [0.3, 0.4) is 0 Å². The SMILES string of the molecule is Cc1cc(OC(=O)N(C)C)ccc1OCc1nc2ccccc2s1. The second kappa shape index (κ2) is 6.88. The molecular weight excluding hydrogens is 324 g/mol. The monoisotopic (exact) mass is 342 g/mol. The van der Waals surface area contributed by atoms with Crippen molar-refractivity contribution in [3.8, 4) is 11.5 Å². The molecule has 5 nitrogen and oxygen atoms in total. The predicted molar refractivity (Wildman–Crippen MR) is 94.8 cm³/mol. The summed E-state index contributed by atoms with van der Waals surface area (Å²) in [5.74, 6) is 1.25. The third-order valence-electron chi connectivity index (χ3n) is 3.41. The second-order valence-electron chi connectivity index (χ2n) is 5.55. The van der Waals surface area contributed by atoms with Crippen LogP contribution in [0.1, 0.15) is 10.6 Å². The number of thiazole rings is 1. The van der Waals surface area contributed by atoms with Crippen molar-refractivity contribution in [2.45, 2.75) is 13.5 Å². The van der Waals surface area contributed by atoms with Gasteiger partial charge in [-0.05, 0) is 42.8 Å². The van der Waals surface area contributed by atoms with Crippen LogP contribution >= 0.6 is 11.3 Å². The van der Waals surface area contributed by atoms with E-state index >= 15 is 0 Å². The molecule has 1 heterocycles. The molecule has 6 heteroatoms. The molecule has 3 rings (SSSR count). The minimum atomic E-state index is -0.405. The molecule has 0 saturated heterocycles. The van der Waals surface area contributed by atoms with Gasteiger partial charge in [0.15, 0.2) is 0 Å². The fraction of sp³-hybridized carbons (Fsp3) is 0.222. The van der Waals surface area contributed by atoms with Gasteiger partial charge in [-0.3, -0.25) is 0 Å². The van der Waals surface area contributed by atoms with E-state index in [0.29, 0.717) is 12.4 Å². The number of hydrogen-bond acceptors (Lipinski definition) is 5. The fourth-order valence-corrected chi connectivity index (χ4v) is 3.04. The lowest BCUT2D eigenvalue weighted by Gasteiger charge is -2.12. The maximum atomic E-state index is 11.6. The third kappa shape index (κ3) is 3.65. The number of nitrogens with zero attached hydrogens (tertiary/aromatic N) is 2. The van der Waals surface area contributed by atoms with Crippen LogP contribution in [0.15, 0.2) is 42.5 Å². The van der Waals surface area contributed by atoms with Gasteiger partial charge in [0.25, 0.3) is 0 Å². The quantitative estimate of drug-likeness (QED) is 0.711. The third-order valence-corrected chi connectivity index (χ3v) is 4.42. The summed E-state index contributed by atoms with van der Waals surface area (Å²) in [5, 5.41) is 0.929. The normalized spacial score (nSPS) is 10.6. The van der Waals surface area contributed by atoms with Gasteiger partial charge in [0.1, 0.15) is 23.1 Å². The Hall–Kier alpha value is -2.60. The van der Waals surface area contributed by atoms with Crippen molar-refractivity contribution < 1.29 is 14.3 Å². The fourth-order valence-electron chi connectivity index (χ4n) is 2.16. The molecule has 0 saturated carbocycles. The molecule has 124 valence electrons. The highest BCUT2D eigenvalue weighted by Crippen LogP contribution is 2.26. The molecule has 0 aliphatic rings. The minimum Gasteiger partial charge on any atom is -0.486 e. The predicted octanol–water partition coefficient (Wildman–Crippen LogP) is 4.24. The van der Waals surface area contributed by atoms with Gasteiger partial charge in [-0.15, -0.1) is 11.3 Å². The number of aromatic nitrogens is 1. The first-order valence-corrected chi connectivity index (χ1v) is 8.31. The molecule has 1 amide bonds. The van der Waals surface area contributed by atoms with Gasteiger partial charge in [0.05, 0.1) is 10.2 Å². The van der Waals surface area contributed by atoms with Gasteiger partial charge in [-0.1, -0.05) is 12.1 Å². The number of para-hydroxylation sites is 1. The highest BCUT2D eigenvalue weighted by molar-refractivity contribution is 7.18. The molecule has 0 aliphatic carbocycles. The number of benzene rings is 2. The van der Waals surface area contributed by atoms with Crippen LogP contribution < -0.4 is 9.47 Å². The van der Waals surface area contributed by atoms with Gasteiger partial charge < -0.3 is 14.4 Å². The van der Waals surface area contributed by atoms with Crippen LogP contribution in [0.2, 0.25) is 0 Å². The molecule has 0 N–H and O–H groups in total. The summed E-state index contributed by atoms with van der Waals surface area (Å²) in [6, 6.07) is 13.3. The number of hydrogen-bond donors (Lipinski definition) is 0. The number of amides is 1. The van der Waals surface area contributed by atoms with Crippen LogP contribution in [-0.2, 0) is 6.61 Å². The Morgan fingerprint density at radius 2 is 2.00 bits per heavy atom. The van der Waals surface area contributed by atoms with Crippen LogP contribution in [-0.4, -0.2) is 30.1 Å². The Balaban J connectivity index is 1.67. The van der Waals surface area contributed by atoms with Crippen molar-refractivity contribution in [2.24, 2.45) is 0 Å². The van der Waals surface area contributed by atoms with E-state index in [-0.39, 0.29) is 0 Å². The maximum absolute atomic E-state index is 11.6. The van der Waals surface area contributed by atoms with E-state index in [4.69, 9.17) is 9.47 Å². The second-order valence-corrected chi connectivity index (χ2v) is 6.67. The molecule has 0 spiro atoms. The van der Waals surface area contributed by atoms with Gasteiger partial charge in [0.2, 0.25) is 0 Å². The lowest BCUT2D eigenvalue weighted by Crippen LogP contribution is -2.25. The molecule has 2 aromatic carbocycles. The molecule has 0 bridgehead atoms. The van der Waals surface area contributed by atoms with Gasteiger partial charge in [-0.2, -0.15) is 0 Å². The van der Waals surface area contributed by atoms with Crippen LogP contribution in [0, 0.1) is 6.92 Å². The molecule has 0 fully saturated rings. The van der Waals surface area contributed by atoms with E-state index in [1.807, 2.05) is 25.1 Å². The molecule has 3 aromatic rings. The smallest absolute Gasteiger partial charge is 0.414 e. The van der Waals surface area contributed by atoms with Crippen molar-refractivity contribution in [3.05, 3.63) is 53.0 Å². The van der Waals surface area contributed by atoms with E-state index < -0.39 is 6.09 Å². The van der Waals surface area contributed by atoms with E-state index in [2.05, 4.69) is 11.1 Å². The first-order valence-electron chi connectivity index (χ1n) is 7.50. The van der Waals surface area contributed by atoms with Crippen LogP contribution in [0.5, 0.6) is 11.5 Å². The zero-order valence-corrected chi connectivity index (χ0v) is 14.6. The Bertz CT molecular complexity index is 841. The average molecular weight is 342 g/mol. The van der Waals surface area contributed by atoms with E-state index in [0.717, 1.165) is 26.5 Å². The Labute approximate surface area is 144 Å². The zero-order valence-electron chi connectivity index (χ0n) is 13.8. The van der Waals surface area contributed by atoms with E-state index in [1.165, 1.54) is 4.90 Å². The summed E-state index contributed by atoms with van der Waals surface area (Å²) in [6.07, 6.45) is -0.405. The standard InChI is InChI=1S/C18H18N2O3S/c1-12-10-13(23-18(21)20(2)3)8-9-15(12)22-11-17-19-14-6-4-5-7-16(14)24-17/h4-10H,11H2,1-3H3. The summed E-state index contributed by atoms with van der Waals surface area (Å²) in [6.45, 7) is 2.33. The molecule has 0 unspecified atom stereocenters. The van der Waals surface area contributed by atoms with Gasteiger partial charge >= 0.3 is 6.09 Å². The van der Waals surface area contributed by atoms with E-state index in [9.17, 15) is 4.79 Å². The summed E-state index contributed by atoms with van der Waals surface area (Å²) in [4.78, 5) is 17.5. The molecule has 1 aromatic heterocycles. The van der Waals surface area contributed by atoms with Gasteiger partial charge in [-0.25, -0.2) is 9.78 Å². The van der Waals surface area contributed by atoms with Crippen LogP contribution in [0.25, 0.3) is 10.2 Å². The highest BCUT2D eigenvalue weighted by Gasteiger charge is 2.10. The topological polar surface area (TPSA) is 51.7 Å². The van der Waals surface area contributed by atoms with Crippen molar-refractivity contribution in [2.75, 3.05) is 14.1 Å². The van der Waals surface area contributed by atoms with E-state index in [1.54, 1.807) is 43.6 Å². The Morgan fingerprint density at radius 3 is 2.71 bits per heavy atom. The first-order chi connectivity index (χ1) is 11.5. The molecular formula is C18H18N2O3S. The summed E-state index contributed by atoms with van der Waals surface area (Å²) < 4.78 is 12.2. The van der Waals surface area contributed by atoms with Crippen molar-refractivity contribution in [1.29, 1.82) is 0 Å². The molecule has 24 heavy (non-hydrogen) atoms. The molecule has 0 aliphatic heterocycles. The molecule has 0 atom stereocenters. The first kappa shape index (κ1) is 16.3. The number of fused-ring (bicyclic) bond motifs is 1. The number of ether oxygens (including phenoxy) is 2. The number of rotatable bonds is 4. The number of aryl methyl sites for hydroxylation is 1. The van der Waals surface area contributed by atoms with Crippen molar-refractivity contribution in [3.63, 3.8) is 0 Å². The lowest BCUT2D eigenvalue weighted by atomic mass is 10.2. The maximum Gasteiger partial charge on any atom is 0.414 e. The lowest BCUT2D eigenvalue weighted by molar-refractivity contribution is 0.172.